The summed E-state index contributed by atoms with van der Waals surface area (Å²) in [6.45, 7) is 3.35. The van der Waals surface area contributed by atoms with Crippen molar-refractivity contribution in [1.29, 1.82) is 0 Å². The number of hydrogen-bond acceptors (Lipinski definition) is 10. The Balaban J connectivity index is 2.40. The minimum Gasteiger partial charge on any atom is -0.462 e. The minimum atomic E-state index is -1.59. The van der Waals surface area contributed by atoms with Gasteiger partial charge in [0.15, 0.2) is 12.4 Å². The van der Waals surface area contributed by atoms with Gasteiger partial charge in [-0.05, 0) is 32.1 Å². The molecule has 10 nitrogen and oxygen atoms in total. The SMILES string of the molecule is CCCC/C=C\CCCCCCCC(=O)OC(COC(=O)CCCCCCCCCCCCCC)COC1OC(CO)C(O)C(O)C1O. The standard InChI is InChI=1S/C38H70O10/c1-3-5-7-9-11-13-15-17-18-20-22-24-26-33(40)45-29-31(30-46-38-37(44)36(43)35(42)32(28-39)48-38)47-34(41)27-25-23-21-19-16-14-12-10-8-6-4-2/h10,12,31-32,35-39,42-44H,3-9,11,13-30H2,1-2H3/b12-10-. The van der Waals surface area contributed by atoms with E-state index in [0.717, 1.165) is 57.8 Å². The van der Waals surface area contributed by atoms with Crippen LogP contribution in [0.3, 0.4) is 0 Å². The van der Waals surface area contributed by atoms with Crippen molar-refractivity contribution in [2.45, 2.75) is 198 Å². The Labute approximate surface area is 291 Å². The van der Waals surface area contributed by atoms with Gasteiger partial charge in [0.1, 0.15) is 31.0 Å². The summed E-state index contributed by atoms with van der Waals surface area (Å²) in [7, 11) is 0. The van der Waals surface area contributed by atoms with E-state index in [2.05, 4.69) is 26.0 Å². The molecule has 48 heavy (non-hydrogen) atoms. The van der Waals surface area contributed by atoms with Crippen molar-refractivity contribution in [2.24, 2.45) is 0 Å². The molecule has 10 heteroatoms. The number of aliphatic hydroxyl groups excluding tert-OH is 4. The quantitative estimate of drug-likeness (QED) is 0.0347. The second kappa shape index (κ2) is 30.3. The highest BCUT2D eigenvalue weighted by molar-refractivity contribution is 5.70. The summed E-state index contributed by atoms with van der Waals surface area (Å²) in [4.78, 5) is 25.1. The van der Waals surface area contributed by atoms with Crippen LogP contribution < -0.4 is 0 Å². The van der Waals surface area contributed by atoms with Crippen LogP contribution in [0.2, 0.25) is 0 Å². The maximum absolute atomic E-state index is 12.7. The molecule has 4 N–H and O–H groups in total. The number of aliphatic hydroxyl groups is 4. The summed E-state index contributed by atoms with van der Waals surface area (Å²) < 4.78 is 22.0. The Morgan fingerprint density at radius 3 is 1.69 bits per heavy atom. The van der Waals surface area contributed by atoms with Crippen LogP contribution in [-0.4, -0.2) is 89.0 Å². The summed E-state index contributed by atoms with van der Waals surface area (Å²) in [5.41, 5.74) is 0. The van der Waals surface area contributed by atoms with E-state index >= 15 is 0 Å². The number of rotatable bonds is 31. The molecule has 1 aliphatic heterocycles. The molecule has 0 aromatic carbocycles. The molecule has 0 spiro atoms. The van der Waals surface area contributed by atoms with Gasteiger partial charge in [-0.2, -0.15) is 0 Å². The van der Waals surface area contributed by atoms with Gasteiger partial charge < -0.3 is 39.4 Å². The summed E-state index contributed by atoms with van der Waals surface area (Å²) in [6.07, 6.45) is 20.8. The zero-order valence-corrected chi connectivity index (χ0v) is 30.2. The largest absolute Gasteiger partial charge is 0.462 e. The van der Waals surface area contributed by atoms with E-state index in [1.807, 2.05) is 0 Å². The highest BCUT2D eigenvalue weighted by Gasteiger charge is 2.44. The van der Waals surface area contributed by atoms with Gasteiger partial charge in [0.2, 0.25) is 0 Å². The van der Waals surface area contributed by atoms with Gasteiger partial charge in [-0.25, -0.2) is 0 Å². The zero-order chi connectivity index (χ0) is 35.2. The number of carbonyl (C=O) groups is 2. The van der Waals surface area contributed by atoms with Crippen LogP contribution in [0, 0.1) is 0 Å². The predicted octanol–water partition coefficient (Wildman–Crippen LogP) is 6.83. The fourth-order valence-corrected chi connectivity index (χ4v) is 5.76. The topological polar surface area (TPSA) is 152 Å². The maximum Gasteiger partial charge on any atom is 0.306 e. The Kier molecular flexibility index (Phi) is 28.0. The monoisotopic (exact) mass is 686 g/mol. The molecular weight excluding hydrogens is 616 g/mol. The van der Waals surface area contributed by atoms with Crippen LogP contribution in [0.5, 0.6) is 0 Å². The van der Waals surface area contributed by atoms with Crippen LogP contribution >= 0.6 is 0 Å². The van der Waals surface area contributed by atoms with Gasteiger partial charge in [-0.15, -0.1) is 0 Å². The molecule has 0 saturated carbocycles. The van der Waals surface area contributed by atoms with E-state index in [1.54, 1.807) is 0 Å². The molecule has 0 bridgehead atoms. The first-order chi connectivity index (χ1) is 23.3. The van der Waals surface area contributed by atoms with Crippen LogP contribution in [0.1, 0.15) is 162 Å². The van der Waals surface area contributed by atoms with Crippen molar-refractivity contribution in [2.75, 3.05) is 19.8 Å². The van der Waals surface area contributed by atoms with E-state index < -0.39 is 49.4 Å². The maximum atomic E-state index is 12.7. The Bertz CT molecular complexity index is 804. The Morgan fingerprint density at radius 1 is 0.625 bits per heavy atom. The molecule has 0 radical (unpaired) electrons. The molecule has 1 saturated heterocycles. The summed E-state index contributed by atoms with van der Waals surface area (Å²) >= 11 is 0. The average molecular weight is 687 g/mol. The molecule has 1 rings (SSSR count). The lowest BCUT2D eigenvalue weighted by atomic mass is 9.99. The number of allylic oxidation sites excluding steroid dienone is 2. The van der Waals surface area contributed by atoms with Gasteiger partial charge in [-0.1, -0.05) is 129 Å². The first kappa shape index (κ1) is 44.5. The van der Waals surface area contributed by atoms with Gasteiger partial charge in [0.25, 0.3) is 0 Å². The van der Waals surface area contributed by atoms with E-state index in [0.29, 0.717) is 6.42 Å². The molecule has 282 valence electrons. The number of unbranched alkanes of at least 4 members (excludes halogenated alkanes) is 18. The summed E-state index contributed by atoms with van der Waals surface area (Å²) in [6, 6.07) is 0. The van der Waals surface area contributed by atoms with Crippen molar-refractivity contribution >= 4 is 11.9 Å². The third-order valence-corrected chi connectivity index (χ3v) is 8.90. The van der Waals surface area contributed by atoms with Crippen LogP contribution in [0.15, 0.2) is 12.2 Å². The molecule has 1 aliphatic rings. The van der Waals surface area contributed by atoms with Gasteiger partial charge in [-0.3, -0.25) is 9.59 Å². The predicted molar refractivity (Wildman–Crippen MR) is 187 cm³/mol. The van der Waals surface area contributed by atoms with Gasteiger partial charge >= 0.3 is 11.9 Å². The van der Waals surface area contributed by atoms with E-state index in [9.17, 15) is 30.0 Å². The molecule has 1 heterocycles. The summed E-state index contributed by atoms with van der Waals surface area (Å²) in [5, 5.41) is 39.9. The average Bonchev–Trinajstić information content (AvgIpc) is 3.08. The van der Waals surface area contributed by atoms with Gasteiger partial charge in [0, 0.05) is 12.8 Å². The lowest BCUT2D eigenvalue weighted by Gasteiger charge is -2.39. The third-order valence-electron chi connectivity index (χ3n) is 8.90. The number of carbonyl (C=O) groups excluding carboxylic acids is 2. The highest BCUT2D eigenvalue weighted by atomic mass is 16.7. The van der Waals surface area contributed by atoms with E-state index in [4.69, 9.17) is 18.9 Å². The fraction of sp³-hybridized carbons (Fsp3) is 0.895. The first-order valence-corrected chi connectivity index (χ1v) is 19.3. The molecule has 6 atom stereocenters. The number of esters is 2. The smallest absolute Gasteiger partial charge is 0.306 e. The molecule has 0 amide bonds. The lowest BCUT2D eigenvalue weighted by molar-refractivity contribution is -0.305. The van der Waals surface area contributed by atoms with Crippen molar-refractivity contribution < 1.29 is 49.0 Å². The Hall–Kier alpha value is -1.56. The van der Waals surface area contributed by atoms with Crippen molar-refractivity contribution in [3.8, 4) is 0 Å². The van der Waals surface area contributed by atoms with Crippen molar-refractivity contribution in [3.63, 3.8) is 0 Å². The molecular formula is C38H70O10. The summed E-state index contributed by atoms with van der Waals surface area (Å²) in [5.74, 6) is -0.815. The molecule has 6 unspecified atom stereocenters. The first-order valence-electron chi connectivity index (χ1n) is 19.3. The fourth-order valence-electron chi connectivity index (χ4n) is 5.76. The molecule has 0 aromatic heterocycles. The molecule has 0 aromatic rings. The van der Waals surface area contributed by atoms with Crippen LogP contribution in [0.4, 0.5) is 0 Å². The van der Waals surface area contributed by atoms with Crippen LogP contribution in [-0.2, 0) is 28.5 Å². The van der Waals surface area contributed by atoms with E-state index in [1.165, 1.54) is 70.6 Å². The van der Waals surface area contributed by atoms with Crippen molar-refractivity contribution in [1.82, 2.24) is 0 Å². The Morgan fingerprint density at radius 2 is 1.12 bits per heavy atom. The number of hydrogen-bond donors (Lipinski definition) is 4. The zero-order valence-electron chi connectivity index (χ0n) is 30.2. The molecule has 0 aliphatic carbocycles. The highest BCUT2D eigenvalue weighted by Crippen LogP contribution is 2.22. The third kappa shape index (κ3) is 22.2. The van der Waals surface area contributed by atoms with Crippen LogP contribution in [0.25, 0.3) is 0 Å². The minimum absolute atomic E-state index is 0.216. The second-order valence-corrected chi connectivity index (χ2v) is 13.4. The molecule has 1 fully saturated rings. The van der Waals surface area contributed by atoms with E-state index in [-0.39, 0.29) is 32.0 Å². The normalized spacial score (nSPS) is 21.8. The van der Waals surface area contributed by atoms with Crippen molar-refractivity contribution in [3.05, 3.63) is 12.2 Å². The number of ether oxygens (including phenoxy) is 4. The van der Waals surface area contributed by atoms with Gasteiger partial charge in [0.05, 0.1) is 13.2 Å². The lowest BCUT2D eigenvalue weighted by Crippen LogP contribution is -2.59. The second-order valence-electron chi connectivity index (χ2n) is 13.4.